The van der Waals surface area contributed by atoms with E-state index < -0.39 is 0 Å². The van der Waals surface area contributed by atoms with Crippen LogP contribution in [0, 0.1) is 0 Å². The van der Waals surface area contributed by atoms with Crippen molar-refractivity contribution >= 4 is 17.7 Å². The minimum absolute atomic E-state index is 0.00946. The summed E-state index contributed by atoms with van der Waals surface area (Å²) >= 11 is 6.04. The lowest BCUT2D eigenvalue weighted by atomic mass is 10.0. The van der Waals surface area contributed by atoms with E-state index in [1.54, 1.807) is 25.2 Å². The average Bonchev–Trinajstić information content (AvgIpc) is 3.03. The number of benzene rings is 2. The third-order valence-corrected chi connectivity index (χ3v) is 4.81. The summed E-state index contributed by atoms with van der Waals surface area (Å²) in [5.41, 5.74) is 1.97. The summed E-state index contributed by atoms with van der Waals surface area (Å²) in [6.07, 6.45) is 0.0922. The molecule has 0 unspecified atom stereocenters. The zero-order valence-corrected chi connectivity index (χ0v) is 15.8. The Balaban J connectivity index is 1.70. The van der Waals surface area contributed by atoms with Gasteiger partial charge in [-0.15, -0.1) is 0 Å². The van der Waals surface area contributed by atoms with Crippen molar-refractivity contribution in [3.05, 3.63) is 58.6 Å². The molecule has 1 aliphatic rings. The monoisotopic (exact) mass is 375 g/mol. The molecule has 2 aromatic rings. The van der Waals surface area contributed by atoms with Crippen LogP contribution >= 0.6 is 11.6 Å². The van der Waals surface area contributed by atoms with Gasteiger partial charge in [-0.05, 0) is 48.7 Å². The van der Waals surface area contributed by atoms with Crippen molar-refractivity contribution in [2.45, 2.75) is 25.5 Å². The number of methoxy groups -OCH3 is 2. The van der Waals surface area contributed by atoms with Crippen molar-refractivity contribution in [2.75, 3.05) is 20.8 Å². The maximum atomic E-state index is 12.3. The Morgan fingerprint density at radius 3 is 2.65 bits per heavy atom. The van der Waals surface area contributed by atoms with Crippen LogP contribution in [0.3, 0.4) is 0 Å². The maximum Gasteiger partial charge on any atom is 0.410 e. The third-order valence-electron chi connectivity index (χ3n) is 4.57. The van der Waals surface area contributed by atoms with E-state index in [1.807, 2.05) is 43.3 Å². The topological polar surface area (TPSA) is 48.0 Å². The van der Waals surface area contributed by atoms with Crippen molar-refractivity contribution in [3.63, 3.8) is 0 Å². The van der Waals surface area contributed by atoms with Gasteiger partial charge in [0.1, 0.15) is 6.10 Å². The third kappa shape index (κ3) is 3.88. The second-order valence-corrected chi connectivity index (χ2v) is 6.76. The van der Waals surface area contributed by atoms with Gasteiger partial charge in [0.15, 0.2) is 11.5 Å². The number of carbonyl (C=O) groups excluding carboxylic acids is 1. The van der Waals surface area contributed by atoms with Crippen LogP contribution in [0.25, 0.3) is 0 Å². The van der Waals surface area contributed by atoms with Gasteiger partial charge in [-0.1, -0.05) is 29.8 Å². The zero-order chi connectivity index (χ0) is 18.7. The van der Waals surface area contributed by atoms with Gasteiger partial charge in [0.05, 0.1) is 20.8 Å². The molecule has 2 atom stereocenters. The number of cyclic esters (lactones) is 1. The van der Waals surface area contributed by atoms with Crippen LogP contribution in [-0.4, -0.2) is 37.8 Å². The van der Waals surface area contributed by atoms with E-state index in [0.717, 1.165) is 11.1 Å². The fourth-order valence-corrected chi connectivity index (χ4v) is 3.38. The lowest BCUT2D eigenvalue weighted by Crippen LogP contribution is -2.35. The molecule has 138 valence electrons. The average molecular weight is 376 g/mol. The van der Waals surface area contributed by atoms with Gasteiger partial charge in [-0.25, -0.2) is 4.79 Å². The molecule has 0 N–H and O–H groups in total. The molecule has 0 aliphatic carbocycles. The molecule has 2 aromatic carbocycles. The lowest BCUT2D eigenvalue weighted by Gasteiger charge is -2.22. The first-order valence-corrected chi connectivity index (χ1v) is 8.83. The first-order chi connectivity index (χ1) is 12.5. The molecule has 0 radical (unpaired) electrons. The Labute approximate surface area is 158 Å². The summed E-state index contributed by atoms with van der Waals surface area (Å²) < 4.78 is 16.2. The molecule has 1 amide bonds. The second kappa shape index (κ2) is 7.87. The van der Waals surface area contributed by atoms with Gasteiger partial charge >= 0.3 is 6.09 Å². The summed E-state index contributed by atoms with van der Waals surface area (Å²) in [5, 5.41) is 0.635. The molecule has 1 heterocycles. The first kappa shape index (κ1) is 18.4. The Morgan fingerprint density at radius 1 is 1.19 bits per heavy atom. The highest BCUT2D eigenvalue weighted by molar-refractivity contribution is 6.30. The van der Waals surface area contributed by atoms with Crippen LogP contribution in [0.5, 0.6) is 11.5 Å². The summed E-state index contributed by atoms with van der Waals surface area (Å²) in [7, 11) is 3.22. The van der Waals surface area contributed by atoms with Crippen LogP contribution in [0.1, 0.15) is 24.2 Å². The van der Waals surface area contributed by atoms with E-state index in [-0.39, 0.29) is 18.2 Å². The van der Waals surface area contributed by atoms with E-state index in [1.165, 1.54) is 0 Å². The fourth-order valence-electron chi connectivity index (χ4n) is 3.18. The molecular formula is C20H22ClNO4. The van der Waals surface area contributed by atoms with Crippen molar-refractivity contribution < 1.29 is 19.0 Å². The zero-order valence-electron chi connectivity index (χ0n) is 15.1. The van der Waals surface area contributed by atoms with E-state index in [4.69, 9.17) is 25.8 Å². The normalized spacial score (nSPS) is 17.8. The number of hydrogen-bond acceptors (Lipinski definition) is 4. The van der Waals surface area contributed by atoms with Gasteiger partial charge in [-0.3, -0.25) is 0 Å². The number of nitrogens with zero attached hydrogens (tertiary/aromatic N) is 1. The lowest BCUT2D eigenvalue weighted by molar-refractivity contribution is 0.129. The van der Waals surface area contributed by atoms with Gasteiger partial charge in [-0.2, -0.15) is 0 Å². The standard InChI is InChI=1S/C20H22ClNO4/c1-13(9-14-7-8-17(24-2)18(10-14)25-3)22-12-19(26-20(22)23)15-5-4-6-16(21)11-15/h4-8,10-11,13,19H,9,12H2,1-3H3/t13-,19+/m1/s1. The molecule has 0 aromatic heterocycles. The molecule has 3 rings (SSSR count). The Kier molecular flexibility index (Phi) is 5.57. The Hall–Kier alpha value is -2.40. The van der Waals surface area contributed by atoms with Gasteiger partial charge < -0.3 is 19.1 Å². The van der Waals surface area contributed by atoms with E-state index in [0.29, 0.717) is 29.5 Å². The predicted molar refractivity (Wildman–Crippen MR) is 100 cm³/mol. The number of carbonyl (C=O) groups is 1. The van der Waals surface area contributed by atoms with Gasteiger partial charge in [0, 0.05) is 11.1 Å². The quantitative estimate of drug-likeness (QED) is 0.746. The molecule has 1 fully saturated rings. The SMILES string of the molecule is COc1ccc(C[C@@H](C)N2C[C@@H](c3cccc(Cl)c3)OC2=O)cc1OC. The van der Waals surface area contributed by atoms with Crippen molar-refractivity contribution in [1.82, 2.24) is 4.90 Å². The van der Waals surface area contributed by atoms with Crippen LogP contribution in [0.15, 0.2) is 42.5 Å². The predicted octanol–water partition coefficient (Wildman–Crippen LogP) is 4.48. The summed E-state index contributed by atoms with van der Waals surface area (Å²) in [6, 6.07) is 13.2. The molecule has 1 aliphatic heterocycles. The summed E-state index contributed by atoms with van der Waals surface area (Å²) in [4.78, 5) is 14.1. The molecule has 6 heteroatoms. The van der Waals surface area contributed by atoms with E-state index >= 15 is 0 Å². The summed E-state index contributed by atoms with van der Waals surface area (Å²) in [5.74, 6) is 1.36. The van der Waals surface area contributed by atoms with Gasteiger partial charge in [0.25, 0.3) is 0 Å². The fraction of sp³-hybridized carbons (Fsp3) is 0.350. The Bertz CT molecular complexity index is 795. The highest BCUT2D eigenvalue weighted by Gasteiger charge is 2.35. The highest BCUT2D eigenvalue weighted by Crippen LogP contribution is 2.31. The molecule has 0 bridgehead atoms. The van der Waals surface area contributed by atoms with Crippen molar-refractivity contribution in [2.24, 2.45) is 0 Å². The number of halogens is 1. The molecule has 26 heavy (non-hydrogen) atoms. The van der Waals surface area contributed by atoms with E-state index in [9.17, 15) is 4.79 Å². The van der Waals surface area contributed by atoms with Crippen LogP contribution in [0.4, 0.5) is 4.79 Å². The van der Waals surface area contributed by atoms with Crippen molar-refractivity contribution in [1.29, 1.82) is 0 Å². The van der Waals surface area contributed by atoms with Crippen LogP contribution in [0.2, 0.25) is 5.02 Å². The largest absolute Gasteiger partial charge is 0.493 e. The number of hydrogen-bond donors (Lipinski definition) is 0. The van der Waals surface area contributed by atoms with Crippen LogP contribution < -0.4 is 9.47 Å². The molecule has 1 saturated heterocycles. The molecule has 0 spiro atoms. The highest BCUT2D eigenvalue weighted by atomic mass is 35.5. The molecule has 5 nitrogen and oxygen atoms in total. The van der Waals surface area contributed by atoms with E-state index in [2.05, 4.69) is 0 Å². The molecular weight excluding hydrogens is 354 g/mol. The number of amides is 1. The van der Waals surface area contributed by atoms with Crippen molar-refractivity contribution in [3.8, 4) is 11.5 Å². The van der Waals surface area contributed by atoms with Gasteiger partial charge in [0.2, 0.25) is 0 Å². The van der Waals surface area contributed by atoms with Crippen LogP contribution in [-0.2, 0) is 11.2 Å². The maximum absolute atomic E-state index is 12.3. The minimum Gasteiger partial charge on any atom is -0.493 e. The number of rotatable bonds is 6. The summed E-state index contributed by atoms with van der Waals surface area (Å²) in [6.45, 7) is 2.52. The molecule has 0 saturated carbocycles. The smallest absolute Gasteiger partial charge is 0.410 e. The number of ether oxygens (including phenoxy) is 3. The second-order valence-electron chi connectivity index (χ2n) is 6.32. The minimum atomic E-state index is -0.303. The first-order valence-electron chi connectivity index (χ1n) is 8.45. The Morgan fingerprint density at radius 2 is 1.96 bits per heavy atom.